The summed E-state index contributed by atoms with van der Waals surface area (Å²) in [6.45, 7) is 1.88. The highest BCUT2D eigenvalue weighted by Crippen LogP contribution is 2.10. The third-order valence-electron chi connectivity index (χ3n) is 1.60. The predicted octanol–water partition coefficient (Wildman–Crippen LogP) is 0.966. The number of nitrogens with zero attached hydrogens (tertiary/aromatic N) is 3. The molecule has 0 radical (unpaired) electrons. The van der Waals surface area contributed by atoms with Gasteiger partial charge in [-0.15, -0.1) is 0 Å². The van der Waals surface area contributed by atoms with E-state index in [1.807, 2.05) is 28.8 Å². The molecule has 0 N–H and O–H groups in total. The molecule has 1 saturated heterocycles. The van der Waals surface area contributed by atoms with Crippen LogP contribution in [0.2, 0.25) is 0 Å². The first-order valence-electron chi connectivity index (χ1n) is 3.70. The van der Waals surface area contributed by atoms with Gasteiger partial charge in [-0.3, -0.25) is 0 Å². The van der Waals surface area contributed by atoms with Crippen LogP contribution in [0.3, 0.4) is 0 Å². The Bertz CT molecular complexity index is 236. The van der Waals surface area contributed by atoms with Gasteiger partial charge in [0.15, 0.2) is 0 Å². The van der Waals surface area contributed by atoms with E-state index in [9.17, 15) is 0 Å². The summed E-state index contributed by atoms with van der Waals surface area (Å²) in [6, 6.07) is 3.70. The average molecular weight is 179 g/mol. The number of allylic oxidation sites excluding steroid dienone is 1. The second kappa shape index (κ2) is 4.69. The molecule has 1 aliphatic heterocycles. The molecule has 0 bridgehead atoms. The number of nitriles is 2. The van der Waals surface area contributed by atoms with Crippen LogP contribution in [-0.4, -0.2) is 29.5 Å². The molecule has 0 aromatic carbocycles. The summed E-state index contributed by atoms with van der Waals surface area (Å²) in [6.07, 6.45) is 1.65. The zero-order valence-electron chi connectivity index (χ0n) is 6.66. The van der Waals surface area contributed by atoms with Crippen molar-refractivity contribution in [3.8, 4) is 12.1 Å². The van der Waals surface area contributed by atoms with Crippen LogP contribution in [0.25, 0.3) is 0 Å². The van der Waals surface area contributed by atoms with Crippen LogP contribution in [0, 0.1) is 22.7 Å². The van der Waals surface area contributed by atoms with Gasteiger partial charge in [-0.1, -0.05) is 0 Å². The molecule has 4 heteroatoms. The highest BCUT2D eigenvalue weighted by atomic mass is 32.2. The number of rotatable bonds is 1. The normalized spacial score (nSPS) is 16.0. The van der Waals surface area contributed by atoms with E-state index in [1.54, 1.807) is 6.20 Å². The molecular formula is C8H9N3S. The standard InChI is InChI=1S/C8H9N3S/c9-5-8(6-10)7-11-1-3-12-4-2-11/h7H,1-4H2. The summed E-state index contributed by atoms with van der Waals surface area (Å²) < 4.78 is 0. The first-order valence-corrected chi connectivity index (χ1v) is 4.86. The Balaban J connectivity index is 2.54. The lowest BCUT2D eigenvalue weighted by Gasteiger charge is -2.24. The fourth-order valence-corrected chi connectivity index (χ4v) is 1.90. The molecule has 1 rings (SSSR count). The van der Waals surface area contributed by atoms with E-state index >= 15 is 0 Å². The van der Waals surface area contributed by atoms with E-state index in [-0.39, 0.29) is 5.57 Å². The van der Waals surface area contributed by atoms with Crippen molar-refractivity contribution in [1.29, 1.82) is 10.5 Å². The molecule has 0 atom stereocenters. The maximum atomic E-state index is 8.48. The largest absolute Gasteiger partial charge is 0.374 e. The Labute approximate surface area is 76.3 Å². The van der Waals surface area contributed by atoms with E-state index in [1.165, 1.54) is 0 Å². The van der Waals surface area contributed by atoms with Crippen molar-refractivity contribution >= 4 is 11.8 Å². The van der Waals surface area contributed by atoms with E-state index in [0.717, 1.165) is 24.6 Å². The Hall–Kier alpha value is -1.13. The first-order chi connectivity index (χ1) is 5.86. The molecule has 0 spiro atoms. The highest BCUT2D eigenvalue weighted by Gasteiger charge is 2.07. The van der Waals surface area contributed by atoms with E-state index < -0.39 is 0 Å². The smallest absolute Gasteiger partial charge is 0.145 e. The van der Waals surface area contributed by atoms with Crippen LogP contribution >= 0.6 is 11.8 Å². The topological polar surface area (TPSA) is 50.8 Å². The number of thioether (sulfide) groups is 1. The van der Waals surface area contributed by atoms with Crippen LogP contribution in [-0.2, 0) is 0 Å². The fraction of sp³-hybridized carbons (Fsp3) is 0.500. The van der Waals surface area contributed by atoms with Crippen molar-refractivity contribution in [3.63, 3.8) is 0 Å². The van der Waals surface area contributed by atoms with Crippen LogP contribution in [0.5, 0.6) is 0 Å². The molecule has 3 nitrogen and oxygen atoms in total. The van der Waals surface area contributed by atoms with Gasteiger partial charge in [0, 0.05) is 30.8 Å². The van der Waals surface area contributed by atoms with Crippen molar-refractivity contribution in [3.05, 3.63) is 11.8 Å². The molecule has 1 aliphatic rings. The van der Waals surface area contributed by atoms with Crippen molar-refractivity contribution in [1.82, 2.24) is 4.90 Å². The SMILES string of the molecule is N#CC(C#N)=CN1CCSCC1. The quantitative estimate of drug-likeness (QED) is 0.563. The summed E-state index contributed by atoms with van der Waals surface area (Å²) in [5.74, 6) is 2.17. The maximum absolute atomic E-state index is 8.48. The van der Waals surface area contributed by atoms with Crippen molar-refractivity contribution in [2.75, 3.05) is 24.6 Å². The maximum Gasteiger partial charge on any atom is 0.145 e. The zero-order valence-corrected chi connectivity index (χ0v) is 7.47. The predicted molar refractivity (Wildman–Crippen MR) is 48.2 cm³/mol. The highest BCUT2D eigenvalue weighted by molar-refractivity contribution is 7.99. The van der Waals surface area contributed by atoms with Crippen LogP contribution in [0.1, 0.15) is 0 Å². The second-order valence-electron chi connectivity index (χ2n) is 2.41. The zero-order chi connectivity index (χ0) is 8.81. The number of hydrogen-bond donors (Lipinski definition) is 0. The molecule has 1 heterocycles. The van der Waals surface area contributed by atoms with Gasteiger partial charge >= 0.3 is 0 Å². The van der Waals surface area contributed by atoms with E-state index in [4.69, 9.17) is 10.5 Å². The molecule has 12 heavy (non-hydrogen) atoms. The Morgan fingerprint density at radius 3 is 2.33 bits per heavy atom. The van der Waals surface area contributed by atoms with E-state index in [2.05, 4.69) is 0 Å². The fourth-order valence-electron chi connectivity index (χ4n) is 0.972. The molecular weight excluding hydrogens is 170 g/mol. The number of hydrogen-bond acceptors (Lipinski definition) is 4. The lowest BCUT2D eigenvalue weighted by Crippen LogP contribution is -2.27. The lowest BCUT2D eigenvalue weighted by atomic mass is 10.3. The van der Waals surface area contributed by atoms with Gasteiger partial charge in [0.2, 0.25) is 0 Å². The molecule has 62 valence electrons. The minimum absolute atomic E-state index is 0.196. The molecule has 0 amide bonds. The Morgan fingerprint density at radius 2 is 1.83 bits per heavy atom. The summed E-state index contributed by atoms with van der Waals surface area (Å²) in [5.41, 5.74) is 0.196. The van der Waals surface area contributed by atoms with Gasteiger partial charge < -0.3 is 4.90 Å². The van der Waals surface area contributed by atoms with Crippen LogP contribution in [0.15, 0.2) is 11.8 Å². The Kier molecular flexibility index (Phi) is 3.50. The van der Waals surface area contributed by atoms with Gasteiger partial charge in [-0.2, -0.15) is 22.3 Å². The van der Waals surface area contributed by atoms with E-state index in [0.29, 0.717) is 0 Å². The molecule has 0 aliphatic carbocycles. The second-order valence-corrected chi connectivity index (χ2v) is 3.64. The Morgan fingerprint density at radius 1 is 1.25 bits per heavy atom. The molecule has 1 fully saturated rings. The van der Waals surface area contributed by atoms with Crippen LogP contribution < -0.4 is 0 Å². The first kappa shape index (κ1) is 8.96. The molecule has 0 aromatic rings. The lowest BCUT2D eigenvalue weighted by molar-refractivity contribution is 0.415. The summed E-state index contributed by atoms with van der Waals surface area (Å²) in [7, 11) is 0. The minimum atomic E-state index is 0.196. The van der Waals surface area contributed by atoms with Crippen molar-refractivity contribution in [2.45, 2.75) is 0 Å². The van der Waals surface area contributed by atoms with Crippen LogP contribution in [0.4, 0.5) is 0 Å². The van der Waals surface area contributed by atoms with Gasteiger partial charge in [0.25, 0.3) is 0 Å². The van der Waals surface area contributed by atoms with Gasteiger partial charge in [-0.05, 0) is 0 Å². The van der Waals surface area contributed by atoms with Gasteiger partial charge in [0.1, 0.15) is 17.7 Å². The summed E-state index contributed by atoms with van der Waals surface area (Å²) in [5, 5.41) is 17.0. The molecule has 0 unspecified atom stereocenters. The minimum Gasteiger partial charge on any atom is -0.374 e. The average Bonchev–Trinajstić information content (AvgIpc) is 2.16. The van der Waals surface area contributed by atoms with Gasteiger partial charge in [-0.25, -0.2) is 0 Å². The summed E-state index contributed by atoms with van der Waals surface area (Å²) in [4.78, 5) is 2.03. The van der Waals surface area contributed by atoms with Gasteiger partial charge in [0.05, 0.1) is 0 Å². The monoisotopic (exact) mass is 179 g/mol. The summed E-state index contributed by atoms with van der Waals surface area (Å²) >= 11 is 1.90. The van der Waals surface area contributed by atoms with Crippen molar-refractivity contribution < 1.29 is 0 Å². The molecule has 0 saturated carbocycles. The van der Waals surface area contributed by atoms with Crippen molar-refractivity contribution in [2.24, 2.45) is 0 Å². The third kappa shape index (κ3) is 2.48. The third-order valence-corrected chi connectivity index (χ3v) is 2.54. The molecule has 0 aromatic heterocycles.